The van der Waals surface area contributed by atoms with E-state index in [4.69, 9.17) is 28.9 Å². The summed E-state index contributed by atoms with van der Waals surface area (Å²) in [6, 6.07) is 3.42. The van der Waals surface area contributed by atoms with Crippen molar-refractivity contribution < 1.29 is 5.11 Å². The first-order chi connectivity index (χ1) is 8.45. The van der Waals surface area contributed by atoms with E-state index in [1.807, 2.05) is 0 Å². The van der Waals surface area contributed by atoms with Crippen LogP contribution in [0.1, 0.15) is 38.4 Å². The Morgan fingerprint density at radius 2 is 1.89 bits per heavy atom. The topological polar surface area (TPSA) is 46.2 Å². The Bertz CT molecular complexity index is 378. The number of aliphatic hydroxyl groups is 1. The molecule has 1 aromatic carbocycles. The number of anilines is 1. The summed E-state index contributed by atoms with van der Waals surface area (Å²) in [6.07, 6.45) is 1.98. The van der Waals surface area contributed by atoms with Gasteiger partial charge in [0.15, 0.2) is 0 Å². The van der Waals surface area contributed by atoms with Crippen LogP contribution >= 0.6 is 23.2 Å². The van der Waals surface area contributed by atoms with Gasteiger partial charge in [0.1, 0.15) is 0 Å². The van der Waals surface area contributed by atoms with Gasteiger partial charge in [-0.25, -0.2) is 0 Å². The van der Waals surface area contributed by atoms with Crippen LogP contribution in [-0.2, 0) is 0 Å². The van der Waals surface area contributed by atoms with Crippen molar-refractivity contribution in [1.82, 2.24) is 0 Å². The van der Waals surface area contributed by atoms with E-state index < -0.39 is 6.10 Å². The van der Waals surface area contributed by atoms with Crippen molar-refractivity contribution in [3.05, 3.63) is 27.7 Å². The quantitative estimate of drug-likeness (QED) is 0.599. The molecule has 0 heterocycles. The summed E-state index contributed by atoms with van der Waals surface area (Å²) in [5, 5.41) is 11.8. The van der Waals surface area contributed by atoms with Crippen molar-refractivity contribution in [1.29, 1.82) is 0 Å². The zero-order valence-corrected chi connectivity index (χ0v) is 14.3. The molecule has 0 saturated heterocycles. The minimum absolute atomic E-state index is 0.142. The van der Waals surface area contributed by atoms with Crippen LogP contribution < -0.4 is 5.73 Å². The Hall–Kier alpha value is 0.118. The Morgan fingerprint density at radius 3 is 2.39 bits per heavy atom. The molecule has 0 aliphatic heterocycles. The van der Waals surface area contributed by atoms with Gasteiger partial charge in [-0.05, 0) is 0 Å². The average molecular weight is 352 g/mol. The van der Waals surface area contributed by atoms with Crippen LogP contribution in [0.4, 0.5) is 5.69 Å². The third kappa shape index (κ3) is 4.66. The number of benzene rings is 1. The standard InChI is InChI=1S/C13H20AsCl2NO/c1-3-4-8(2)14-7-12(18)9-5-10(15)13(17)11(16)6-9/h5-6,8,12,14,18H,3-4,7,17H2,1-2H3. The van der Waals surface area contributed by atoms with Gasteiger partial charge in [0.05, 0.1) is 0 Å². The molecule has 0 aliphatic rings. The van der Waals surface area contributed by atoms with Crippen molar-refractivity contribution >= 4 is 44.6 Å². The molecule has 0 bridgehead atoms. The van der Waals surface area contributed by atoms with Crippen molar-refractivity contribution in [3.8, 4) is 0 Å². The third-order valence-electron chi connectivity index (χ3n) is 2.87. The Balaban J connectivity index is 2.64. The summed E-state index contributed by atoms with van der Waals surface area (Å²) in [5.41, 5.74) is 6.82. The molecule has 1 rings (SSSR count). The van der Waals surface area contributed by atoms with Crippen molar-refractivity contribution in [2.75, 3.05) is 5.73 Å². The fourth-order valence-corrected chi connectivity index (χ4v) is 5.11. The molecule has 2 nitrogen and oxygen atoms in total. The van der Waals surface area contributed by atoms with E-state index in [9.17, 15) is 5.11 Å². The number of nitrogen functional groups attached to an aromatic ring is 1. The van der Waals surface area contributed by atoms with E-state index in [1.54, 1.807) is 12.1 Å². The van der Waals surface area contributed by atoms with Crippen LogP contribution in [0, 0.1) is 0 Å². The normalized spacial score (nSPS) is 15.2. The van der Waals surface area contributed by atoms with Crippen LogP contribution in [-0.4, -0.2) is 20.9 Å². The first-order valence-corrected chi connectivity index (χ1v) is 9.56. The molecule has 3 N–H and O–H groups in total. The summed E-state index contributed by atoms with van der Waals surface area (Å²) >= 11 is 11.8. The summed E-state index contributed by atoms with van der Waals surface area (Å²) in [4.78, 5) is 0. The molecule has 3 atom stereocenters. The van der Waals surface area contributed by atoms with Crippen molar-refractivity contribution in [2.24, 2.45) is 0 Å². The van der Waals surface area contributed by atoms with E-state index in [1.165, 1.54) is 12.8 Å². The van der Waals surface area contributed by atoms with Gasteiger partial charge in [0.2, 0.25) is 0 Å². The van der Waals surface area contributed by atoms with Crippen molar-refractivity contribution in [3.63, 3.8) is 0 Å². The average Bonchev–Trinajstić information content (AvgIpc) is 2.32. The van der Waals surface area contributed by atoms with Crippen LogP contribution in [0.25, 0.3) is 0 Å². The van der Waals surface area contributed by atoms with Crippen LogP contribution in [0.3, 0.4) is 0 Å². The van der Waals surface area contributed by atoms with Gasteiger partial charge >= 0.3 is 126 Å². The Morgan fingerprint density at radius 1 is 1.33 bits per heavy atom. The van der Waals surface area contributed by atoms with Gasteiger partial charge in [-0.3, -0.25) is 0 Å². The second kappa shape index (κ2) is 7.65. The van der Waals surface area contributed by atoms with E-state index in [0.717, 1.165) is 15.5 Å². The number of hydrogen-bond donors (Lipinski definition) is 2. The monoisotopic (exact) mass is 351 g/mol. The molecule has 0 aliphatic carbocycles. The molecule has 18 heavy (non-hydrogen) atoms. The second-order valence-corrected chi connectivity index (χ2v) is 9.11. The van der Waals surface area contributed by atoms with Crippen LogP contribution in [0.5, 0.6) is 0 Å². The molecular formula is C13H20AsCl2NO. The van der Waals surface area contributed by atoms with E-state index in [0.29, 0.717) is 15.7 Å². The molecule has 0 amide bonds. The fraction of sp³-hybridized carbons (Fsp3) is 0.538. The molecule has 3 unspecified atom stereocenters. The maximum atomic E-state index is 10.2. The Labute approximate surface area is 126 Å². The van der Waals surface area contributed by atoms with Crippen LogP contribution in [0.15, 0.2) is 12.1 Å². The molecular weight excluding hydrogens is 332 g/mol. The van der Waals surface area contributed by atoms with Crippen LogP contribution in [0.2, 0.25) is 20.0 Å². The first-order valence-electron chi connectivity index (χ1n) is 6.11. The number of rotatable bonds is 6. The number of nitrogens with two attached hydrogens (primary N) is 1. The van der Waals surface area contributed by atoms with Gasteiger partial charge in [0.25, 0.3) is 0 Å². The van der Waals surface area contributed by atoms with Crippen molar-refractivity contribution in [2.45, 2.75) is 42.7 Å². The van der Waals surface area contributed by atoms with Gasteiger partial charge in [-0.2, -0.15) is 0 Å². The zero-order valence-electron chi connectivity index (χ0n) is 10.7. The molecule has 0 radical (unpaired) electrons. The van der Waals surface area contributed by atoms with Gasteiger partial charge in [-0.15, -0.1) is 0 Å². The summed E-state index contributed by atoms with van der Waals surface area (Å²) in [5.74, 6) is 0. The summed E-state index contributed by atoms with van der Waals surface area (Å²) in [6.45, 7) is 4.46. The van der Waals surface area contributed by atoms with E-state index >= 15 is 0 Å². The summed E-state index contributed by atoms with van der Waals surface area (Å²) in [7, 11) is 0. The predicted molar refractivity (Wildman–Crippen MR) is 82.1 cm³/mol. The molecule has 1 aromatic rings. The number of hydrogen-bond acceptors (Lipinski definition) is 2. The molecule has 0 aromatic heterocycles. The predicted octanol–water partition coefficient (Wildman–Crippen LogP) is 4.07. The van der Waals surface area contributed by atoms with E-state index in [2.05, 4.69) is 13.8 Å². The third-order valence-corrected chi connectivity index (χ3v) is 6.87. The zero-order chi connectivity index (χ0) is 13.7. The Kier molecular flexibility index (Phi) is 6.87. The van der Waals surface area contributed by atoms with E-state index in [-0.39, 0.29) is 15.8 Å². The first kappa shape index (κ1) is 16.2. The van der Waals surface area contributed by atoms with Gasteiger partial charge in [-0.1, -0.05) is 0 Å². The fourth-order valence-electron chi connectivity index (χ4n) is 1.76. The SMILES string of the molecule is CCCC(C)[AsH]CC(O)c1cc(Cl)c(N)c(Cl)c1. The number of aliphatic hydroxyl groups excluding tert-OH is 1. The molecule has 5 heteroatoms. The molecule has 0 fully saturated rings. The minimum atomic E-state index is -0.472. The maximum absolute atomic E-state index is 10.2. The molecule has 0 saturated carbocycles. The van der Waals surface area contributed by atoms with Gasteiger partial charge in [0, 0.05) is 0 Å². The summed E-state index contributed by atoms with van der Waals surface area (Å²) < 4.78 is 0.754. The molecule has 102 valence electrons. The second-order valence-electron chi connectivity index (χ2n) is 4.51. The number of halogens is 2. The molecule has 0 spiro atoms. The van der Waals surface area contributed by atoms with Gasteiger partial charge < -0.3 is 0 Å².